The van der Waals surface area contributed by atoms with Gasteiger partial charge in [0.25, 0.3) is 0 Å². The molecule has 0 spiro atoms. The quantitative estimate of drug-likeness (QED) is 0.797. The summed E-state index contributed by atoms with van der Waals surface area (Å²) in [7, 11) is 0. The Bertz CT molecular complexity index is 530. The molecule has 1 aliphatic heterocycles. The van der Waals surface area contributed by atoms with Crippen molar-refractivity contribution in [3.05, 3.63) is 35.9 Å². The topological polar surface area (TPSA) is 43.8 Å². The zero-order chi connectivity index (χ0) is 16.9. The number of rotatable bonds is 8. The molecule has 2 fully saturated rings. The van der Waals surface area contributed by atoms with Crippen LogP contribution in [0.2, 0.25) is 0 Å². The highest BCUT2D eigenvalue weighted by Gasteiger charge is 2.28. The van der Waals surface area contributed by atoms with Crippen LogP contribution in [-0.2, 0) is 4.79 Å². The summed E-state index contributed by atoms with van der Waals surface area (Å²) in [5.74, 6) is 0.951. The zero-order valence-corrected chi connectivity index (χ0v) is 14.7. The van der Waals surface area contributed by atoms with Crippen LogP contribution in [0.15, 0.2) is 30.3 Å². The predicted molar refractivity (Wildman–Crippen MR) is 95.6 cm³/mol. The maximum absolute atomic E-state index is 11.8. The Hall–Kier alpha value is -1.39. The normalized spacial score (nSPS) is 21.1. The molecule has 1 saturated heterocycles. The highest BCUT2D eigenvalue weighted by molar-refractivity contribution is 5.78. The van der Waals surface area contributed by atoms with Crippen molar-refractivity contribution in [2.45, 2.75) is 51.2 Å². The largest absolute Gasteiger partial charge is 0.390 e. The highest BCUT2D eigenvalue weighted by atomic mass is 16.3. The molecule has 1 saturated carbocycles. The van der Waals surface area contributed by atoms with E-state index in [-0.39, 0.29) is 11.9 Å². The van der Waals surface area contributed by atoms with Crippen molar-refractivity contribution < 1.29 is 9.90 Å². The molecule has 4 nitrogen and oxygen atoms in total. The van der Waals surface area contributed by atoms with Gasteiger partial charge in [0, 0.05) is 38.6 Å². The summed E-state index contributed by atoms with van der Waals surface area (Å²) in [6.07, 6.45) is 5.04. The number of hydrogen-bond acceptors (Lipinski definition) is 3. The molecule has 1 amide bonds. The third kappa shape index (κ3) is 4.37. The first-order chi connectivity index (χ1) is 11.6. The summed E-state index contributed by atoms with van der Waals surface area (Å²) >= 11 is 0. The minimum absolute atomic E-state index is 0.190. The lowest BCUT2D eigenvalue weighted by Crippen LogP contribution is -2.44. The first kappa shape index (κ1) is 17.4. The van der Waals surface area contributed by atoms with Crippen molar-refractivity contribution in [2.24, 2.45) is 5.92 Å². The second kappa shape index (κ2) is 8.13. The molecule has 2 unspecified atom stereocenters. The number of carbonyl (C=O) groups is 1. The van der Waals surface area contributed by atoms with Gasteiger partial charge in [-0.15, -0.1) is 0 Å². The van der Waals surface area contributed by atoms with Crippen LogP contribution in [0.3, 0.4) is 0 Å². The minimum atomic E-state index is -0.474. The first-order valence-corrected chi connectivity index (χ1v) is 9.38. The third-order valence-electron chi connectivity index (χ3n) is 5.59. The number of aliphatic hydroxyl groups is 1. The molecule has 0 radical (unpaired) electrons. The van der Waals surface area contributed by atoms with E-state index in [4.69, 9.17) is 0 Å². The highest BCUT2D eigenvalue weighted by Crippen LogP contribution is 2.30. The fourth-order valence-electron chi connectivity index (χ4n) is 3.82. The van der Waals surface area contributed by atoms with E-state index >= 15 is 0 Å². The maximum Gasteiger partial charge on any atom is 0.222 e. The second-order valence-electron chi connectivity index (χ2n) is 7.43. The van der Waals surface area contributed by atoms with E-state index in [1.165, 1.54) is 24.8 Å². The van der Waals surface area contributed by atoms with Gasteiger partial charge >= 0.3 is 0 Å². The molecule has 2 aliphatic rings. The molecule has 0 aromatic heterocycles. The lowest BCUT2D eigenvalue weighted by molar-refractivity contribution is -0.129. The van der Waals surface area contributed by atoms with Crippen molar-refractivity contribution in [1.82, 2.24) is 9.80 Å². The Labute approximate surface area is 145 Å². The monoisotopic (exact) mass is 330 g/mol. The van der Waals surface area contributed by atoms with Gasteiger partial charge in [-0.05, 0) is 37.7 Å². The van der Waals surface area contributed by atoms with E-state index in [0.29, 0.717) is 19.5 Å². The molecule has 1 N–H and O–H groups in total. The number of aliphatic hydroxyl groups excluding tert-OH is 1. The van der Waals surface area contributed by atoms with Crippen LogP contribution < -0.4 is 0 Å². The first-order valence-electron chi connectivity index (χ1n) is 9.38. The predicted octanol–water partition coefficient (Wildman–Crippen LogP) is 2.83. The van der Waals surface area contributed by atoms with Crippen LogP contribution in [-0.4, -0.2) is 53.1 Å². The number of benzene rings is 1. The second-order valence-corrected chi connectivity index (χ2v) is 7.43. The number of β-amino-alcohol motifs (C(OH)–C–C–N with tert-alkyl or cyclic N) is 1. The fraction of sp³-hybridized carbons (Fsp3) is 0.650. The smallest absolute Gasteiger partial charge is 0.222 e. The van der Waals surface area contributed by atoms with E-state index < -0.39 is 6.10 Å². The fourth-order valence-corrected chi connectivity index (χ4v) is 3.82. The van der Waals surface area contributed by atoms with E-state index in [2.05, 4.69) is 36.1 Å². The Morgan fingerprint density at radius 3 is 2.58 bits per heavy atom. The van der Waals surface area contributed by atoms with Gasteiger partial charge in [0.05, 0.1) is 6.10 Å². The summed E-state index contributed by atoms with van der Waals surface area (Å²) in [5, 5.41) is 10.6. The van der Waals surface area contributed by atoms with Gasteiger partial charge in [0.2, 0.25) is 5.91 Å². The van der Waals surface area contributed by atoms with Crippen molar-refractivity contribution in [1.29, 1.82) is 0 Å². The molecule has 0 bridgehead atoms. The molecule has 2 atom stereocenters. The van der Waals surface area contributed by atoms with Crippen LogP contribution in [0, 0.1) is 5.92 Å². The van der Waals surface area contributed by atoms with E-state index in [1.807, 2.05) is 11.0 Å². The number of carbonyl (C=O) groups excluding carboxylic acids is 1. The van der Waals surface area contributed by atoms with Crippen molar-refractivity contribution in [3.8, 4) is 0 Å². The molecule has 24 heavy (non-hydrogen) atoms. The van der Waals surface area contributed by atoms with Gasteiger partial charge in [-0.2, -0.15) is 0 Å². The Morgan fingerprint density at radius 1 is 1.25 bits per heavy atom. The standard InChI is InChI=1S/C20H30N2O2/c1-16(18-9-3-2-4-10-18)22(13-17-7-5-8-17)15-19(23)14-21-12-6-11-20(21)24/h2-4,9-10,16-17,19,23H,5-8,11-15H2,1H3. The molecule has 1 heterocycles. The molecular weight excluding hydrogens is 300 g/mol. The van der Waals surface area contributed by atoms with E-state index in [0.717, 1.165) is 25.4 Å². The molecule has 1 aromatic carbocycles. The van der Waals surface area contributed by atoms with Gasteiger partial charge in [0.15, 0.2) is 0 Å². The Balaban J connectivity index is 1.61. The Morgan fingerprint density at radius 2 is 2.00 bits per heavy atom. The molecule has 4 heteroatoms. The van der Waals surface area contributed by atoms with E-state index in [1.54, 1.807) is 0 Å². The van der Waals surface area contributed by atoms with Crippen molar-refractivity contribution in [3.63, 3.8) is 0 Å². The van der Waals surface area contributed by atoms with Crippen molar-refractivity contribution >= 4 is 5.91 Å². The lowest BCUT2D eigenvalue weighted by Gasteiger charge is -2.37. The van der Waals surface area contributed by atoms with Crippen LogP contribution in [0.5, 0.6) is 0 Å². The van der Waals surface area contributed by atoms with Crippen LogP contribution >= 0.6 is 0 Å². The SMILES string of the molecule is CC(c1ccccc1)N(CC(O)CN1CCCC1=O)CC1CCC1. The average molecular weight is 330 g/mol. The van der Waals surface area contributed by atoms with E-state index in [9.17, 15) is 9.90 Å². The molecule has 1 aromatic rings. The van der Waals surface area contributed by atoms with Gasteiger partial charge in [-0.25, -0.2) is 0 Å². The number of hydrogen-bond donors (Lipinski definition) is 1. The molecular formula is C20H30N2O2. The summed E-state index contributed by atoms with van der Waals surface area (Å²) in [6, 6.07) is 10.8. The average Bonchev–Trinajstić information content (AvgIpc) is 2.94. The minimum Gasteiger partial charge on any atom is -0.390 e. The molecule has 132 valence electrons. The number of amides is 1. The lowest BCUT2D eigenvalue weighted by atomic mass is 9.84. The number of likely N-dealkylation sites (tertiary alicyclic amines) is 1. The zero-order valence-electron chi connectivity index (χ0n) is 14.7. The molecule has 1 aliphatic carbocycles. The van der Waals surface area contributed by atoms with Gasteiger partial charge < -0.3 is 10.0 Å². The third-order valence-corrected chi connectivity index (χ3v) is 5.59. The summed E-state index contributed by atoms with van der Waals surface area (Å²) in [4.78, 5) is 16.0. The van der Waals surface area contributed by atoms with Gasteiger partial charge in [-0.1, -0.05) is 36.8 Å². The van der Waals surface area contributed by atoms with Crippen LogP contribution in [0.4, 0.5) is 0 Å². The Kier molecular flexibility index (Phi) is 5.90. The summed E-state index contributed by atoms with van der Waals surface area (Å²) in [5.41, 5.74) is 1.29. The molecule has 3 rings (SSSR count). The van der Waals surface area contributed by atoms with Crippen molar-refractivity contribution in [2.75, 3.05) is 26.2 Å². The van der Waals surface area contributed by atoms with Gasteiger partial charge in [-0.3, -0.25) is 9.69 Å². The van der Waals surface area contributed by atoms with Gasteiger partial charge in [0.1, 0.15) is 0 Å². The summed E-state index contributed by atoms with van der Waals surface area (Å²) < 4.78 is 0. The maximum atomic E-state index is 11.8. The van der Waals surface area contributed by atoms with Crippen LogP contribution in [0.1, 0.15) is 50.6 Å². The number of nitrogens with zero attached hydrogens (tertiary/aromatic N) is 2. The van der Waals surface area contributed by atoms with Crippen LogP contribution in [0.25, 0.3) is 0 Å². The summed E-state index contributed by atoms with van der Waals surface area (Å²) in [6.45, 7) is 5.17.